The summed E-state index contributed by atoms with van der Waals surface area (Å²) in [5.41, 5.74) is 1.17. The number of amides is 1. The Bertz CT molecular complexity index is 537. The van der Waals surface area contributed by atoms with Gasteiger partial charge in [-0.15, -0.1) is 11.3 Å². The second-order valence-corrected chi connectivity index (χ2v) is 4.66. The zero-order valence-electron chi connectivity index (χ0n) is 9.30. The van der Waals surface area contributed by atoms with Crippen LogP contribution in [0.25, 0.3) is 0 Å². The molecule has 2 N–H and O–H groups in total. The van der Waals surface area contributed by atoms with Crippen LogP contribution in [0.4, 0.5) is 5.69 Å². The zero-order chi connectivity index (χ0) is 12.3. The summed E-state index contributed by atoms with van der Waals surface area (Å²) in [5.74, 6) is -0.118. The van der Waals surface area contributed by atoms with E-state index in [9.17, 15) is 9.90 Å². The quantitative estimate of drug-likeness (QED) is 0.819. The van der Waals surface area contributed by atoms with E-state index < -0.39 is 0 Å². The summed E-state index contributed by atoms with van der Waals surface area (Å²) in [6.45, 7) is 1.90. The van der Waals surface area contributed by atoms with Gasteiger partial charge in [-0.1, -0.05) is 12.1 Å². The maximum Gasteiger partial charge on any atom is 0.230 e. The number of aromatic hydroxyl groups is 1. The third-order valence-electron chi connectivity index (χ3n) is 2.19. The first kappa shape index (κ1) is 11.6. The van der Waals surface area contributed by atoms with Crippen molar-refractivity contribution >= 4 is 22.9 Å². The van der Waals surface area contributed by atoms with Crippen molar-refractivity contribution in [2.24, 2.45) is 0 Å². The van der Waals surface area contributed by atoms with Gasteiger partial charge in [0.2, 0.25) is 5.91 Å². The summed E-state index contributed by atoms with van der Waals surface area (Å²) < 4.78 is 0. The first-order valence-corrected chi connectivity index (χ1v) is 6.02. The average molecular weight is 248 g/mol. The molecule has 0 spiro atoms. The van der Waals surface area contributed by atoms with Crippen molar-refractivity contribution < 1.29 is 9.90 Å². The van der Waals surface area contributed by atoms with Crippen LogP contribution in [-0.2, 0) is 11.2 Å². The first-order chi connectivity index (χ1) is 8.15. The second-order valence-electron chi connectivity index (χ2n) is 3.60. The van der Waals surface area contributed by atoms with Crippen molar-refractivity contribution in [1.29, 1.82) is 0 Å². The van der Waals surface area contributed by atoms with Gasteiger partial charge >= 0.3 is 0 Å². The molecule has 88 valence electrons. The summed E-state index contributed by atoms with van der Waals surface area (Å²) >= 11 is 1.52. The molecular formula is C12H12N2O2S. The number of nitrogens with one attached hydrogen (secondary N) is 1. The van der Waals surface area contributed by atoms with Crippen molar-refractivity contribution in [1.82, 2.24) is 4.98 Å². The number of para-hydroxylation sites is 2. The van der Waals surface area contributed by atoms with Gasteiger partial charge in [0.1, 0.15) is 5.75 Å². The number of rotatable bonds is 3. The number of anilines is 1. The molecule has 0 aliphatic carbocycles. The Kier molecular flexibility index (Phi) is 3.39. The number of aryl methyl sites for hydroxylation is 1. The highest BCUT2D eigenvalue weighted by molar-refractivity contribution is 7.09. The van der Waals surface area contributed by atoms with Crippen LogP contribution < -0.4 is 5.32 Å². The van der Waals surface area contributed by atoms with Crippen molar-refractivity contribution in [2.75, 3.05) is 5.32 Å². The Morgan fingerprint density at radius 2 is 2.24 bits per heavy atom. The number of carbonyl (C=O) groups excluding carboxylic acids is 1. The smallest absolute Gasteiger partial charge is 0.230 e. The summed E-state index contributed by atoms with van der Waals surface area (Å²) in [6.07, 6.45) is 0.221. The van der Waals surface area contributed by atoms with Crippen molar-refractivity contribution in [3.8, 4) is 5.75 Å². The Labute approximate surface area is 103 Å². The first-order valence-electron chi connectivity index (χ1n) is 5.14. The maximum absolute atomic E-state index is 11.7. The van der Waals surface area contributed by atoms with E-state index in [1.54, 1.807) is 18.2 Å². The molecule has 0 fully saturated rings. The molecule has 2 rings (SSSR count). The van der Waals surface area contributed by atoms with E-state index in [1.807, 2.05) is 12.3 Å². The molecule has 5 heteroatoms. The van der Waals surface area contributed by atoms with Crippen LogP contribution in [0, 0.1) is 6.92 Å². The van der Waals surface area contributed by atoms with Crippen LogP contribution in [0.5, 0.6) is 5.75 Å². The molecule has 1 aromatic carbocycles. The lowest BCUT2D eigenvalue weighted by Gasteiger charge is -2.05. The average Bonchev–Trinajstić information content (AvgIpc) is 2.67. The van der Waals surface area contributed by atoms with Gasteiger partial charge in [0.05, 0.1) is 22.8 Å². The molecule has 0 aliphatic heterocycles. The molecule has 1 amide bonds. The summed E-state index contributed by atoms with van der Waals surface area (Å²) in [7, 11) is 0. The highest BCUT2D eigenvalue weighted by Gasteiger charge is 2.08. The van der Waals surface area contributed by atoms with Crippen molar-refractivity contribution in [3.05, 3.63) is 40.3 Å². The molecule has 0 unspecified atom stereocenters. The summed E-state index contributed by atoms with van der Waals surface area (Å²) in [6, 6.07) is 6.64. The molecule has 0 bridgehead atoms. The molecule has 4 nitrogen and oxygen atoms in total. The molecule has 0 aliphatic rings. The number of carbonyl (C=O) groups is 1. The predicted octanol–water partition coefficient (Wildman–Crippen LogP) is 2.34. The van der Waals surface area contributed by atoms with E-state index in [0.29, 0.717) is 5.69 Å². The zero-order valence-corrected chi connectivity index (χ0v) is 10.1. The van der Waals surface area contributed by atoms with Crippen LogP contribution in [0.3, 0.4) is 0 Å². The van der Waals surface area contributed by atoms with E-state index in [0.717, 1.165) is 10.7 Å². The Balaban J connectivity index is 2.01. The Hall–Kier alpha value is -1.88. The third-order valence-corrected chi connectivity index (χ3v) is 3.01. The number of hydrogen-bond donors (Lipinski definition) is 2. The van der Waals surface area contributed by atoms with Crippen LogP contribution in [0.15, 0.2) is 29.6 Å². The van der Waals surface area contributed by atoms with Crippen molar-refractivity contribution in [2.45, 2.75) is 13.3 Å². The molecule has 0 saturated heterocycles. The lowest BCUT2D eigenvalue weighted by Crippen LogP contribution is -2.14. The predicted molar refractivity (Wildman–Crippen MR) is 67.3 cm³/mol. The lowest BCUT2D eigenvalue weighted by atomic mass is 10.2. The third kappa shape index (κ3) is 3.04. The molecule has 17 heavy (non-hydrogen) atoms. The van der Waals surface area contributed by atoms with E-state index in [-0.39, 0.29) is 18.1 Å². The number of aromatic nitrogens is 1. The van der Waals surface area contributed by atoms with Crippen LogP contribution in [0.1, 0.15) is 10.7 Å². The Morgan fingerprint density at radius 1 is 1.47 bits per heavy atom. The van der Waals surface area contributed by atoms with Gasteiger partial charge < -0.3 is 10.4 Å². The van der Waals surface area contributed by atoms with Gasteiger partial charge in [-0.05, 0) is 19.1 Å². The molecule has 1 heterocycles. The molecule has 0 radical (unpaired) electrons. The summed E-state index contributed by atoms with van der Waals surface area (Å²) in [4.78, 5) is 15.9. The fourth-order valence-corrected chi connectivity index (χ4v) is 2.04. The second kappa shape index (κ2) is 4.97. The molecule has 1 aromatic heterocycles. The van der Waals surface area contributed by atoms with E-state index in [4.69, 9.17) is 0 Å². The molecule has 2 aromatic rings. The molecular weight excluding hydrogens is 236 g/mol. The minimum atomic E-state index is -0.184. The number of benzene rings is 1. The van der Waals surface area contributed by atoms with Gasteiger partial charge in [0.15, 0.2) is 0 Å². The minimum Gasteiger partial charge on any atom is -0.506 e. The minimum absolute atomic E-state index is 0.0651. The summed E-state index contributed by atoms with van der Waals surface area (Å²) in [5, 5.41) is 14.9. The van der Waals surface area contributed by atoms with Crippen LogP contribution in [-0.4, -0.2) is 16.0 Å². The molecule has 0 atom stereocenters. The monoisotopic (exact) mass is 248 g/mol. The highest BCUT2D eigenvalue weighted by Crippen LogP contribution is 2.21. The number of phenols is 1. The number of hydrogen-bond acceptors (Lipinski definition) is 4. The standard InChI is InChI=1S/C12H12N2O2S/c1-8-13-9(7-17-8)6-12(16)14-10-4-2-3-5-11(10)15/h2-5,7,15H,6H2,1H3,(H,14,16). The topological polar surface area (TPSA) is 62.2 Å². The highest BCUT2D eigenvalue weighted by atomic mass is 32.1. The fourth-order valence-electron chi connectivity index (χ4n) is 1.43. The lowest BCUT2D eigenvalue weighted by molar-refractivity contribution is -0.115. The SMILES string of the molecule is Cc1nc(CC(=O)Nc2ccccc2O)cs1. The van der Waals surface area contributed by atoms with E-state index >= 15 is 0 Å². The van der Waals surface area contributed by atoms with E-state index in [1.165, 1.54) is 17.4 Å². The number of phenolic OH excluding ortho intramolecular Hbond substituents is 1. The number of thiazole rings is 1. The van der Waals surface area contributed by atoms with Crippen molar-refractivity contribution in [3.63, 3.8) is 0 Å². The van der Waals surface area contributed by atoms with Gasteiger partial charge in [0.25, 0.3) is 0 Å². The van der Waals surface area contributed by atoms with Crippen LogP contribution in [0.2, 0.25) is 0 Å². The van der Waals surface area contributed by atoms with Gasteiger partial charge in [-0.2, -0.15) is 0 Å². The van der Waals surface area contributed by atoms with Gasteiger partial charge in [0, 0.05) is 5.38 Å². The maximum atomic E-state index is 11.7. The van der Waals surface area contributed by atoms with Gasteiger partial charge in [-0.25, -0.2) is 4.98 Å². The van der Waals surface area contributed by atoms with E-state index in [2.05, 4.69) is 10.3 Å². The largest absolute Gasteiger partial charge is 0.506 e. The fraction of sp³-hybridized carbons (Fsp3) is 0.167. The normalized spacial score (nSPS) is 10.2. The Morgan fingerprint density at radius 3 is 2.88 bits per heavy atom. The van der Waals surface area contributed by atoms with Crippen LogP contribution >= 0.6 is 11.3 Å². The van der Waals surface area contributed by atoms with Gasteiger partial charge in [-0.3, -0.25) is 4.79 Å². The molecule has 0 saturated carbocycles. The number of nitrogens with zero attached hydrogens (tertiary/aromatic N) is 1.